The van der Waals surface area contributed by atoms with Crippen LogP contribution >= 0.6 is 0 Å². The minimum Gasteiger partial charge on any atom is -0.496 e. The summed E-state index contributed by atoms with van der Waals surface area (Å²) >= 11 is 0. The van der Waals surface area contributed by atoms with Crippen LogP contribution in [0.5, 0.6) is 5.75 Å². The summed E-state index contributed by atoms with van der Waals surface area (Å²) in [5, 5.41) is 3.26. The SMILES string of the molecule is COc1c(C(=O)N2CCNCC2)cccc1C(C)(C)C. The molecule has 0 spiro atoms. The first-order chi connectivity index (χ1) is 9.45. The van der Waals surface area contributed by atoms with Gasteiger partial charge in [-0.3, -0.25) is 4.79 Å². The number of rotatable bonds is 2. The molecule has 1 aromatic rings. The Morgan fingerprint density at radius 1 is 1.25 bits per heavy atom. The van der Waals surface area contributed by atoms with Crippen molar-refractivity contribution in [2.75, 3.05) is 33.3 Å². The Morgan fingerprint density at radius 3 is 2.45 bits per heavy atom. The molecule has 110 valence electrons. The van der Waals surface area contributed by atoms with Crippen LogP contribution < -0.4 is 10.1 Å². The Hall–Kier alpha value is -1.55. The lowest BCUT2D eigenvalue weighted by Crippen LogP contribution is -2.46. The minimum atomic E-state index is -0.0505. The fourth-order valence-electron chi connectivity index (χ4n) is 2.55. The molecule has 1 aromatic carbocycles. The molecule has 0 bridgehead atoms. The van der Waals surface area contributed by atoms with Crippen LogP contribution in [0, 0.1) is 0 Å². The zero-order valence-electron chi connectivity index (χ0n) is 12.8. The van der Waals surface area contributed by atoms with Gasteiger partial charge in [0, 0.05) is 31.7 Å². The molecule has 0 unspecified atom stereocenters. The molecule has 2 rings (SSSR count). The number of para-hydroxylation sites is 1. The lowest BCUT2D eigenvalue weighted by atomic mass is 9.85. The largest absolute Gasteiger partial charge is 0.496 e. The molecule has 0 aliphatic carbocycles. The van der Waals surface area contributed by atoms with Crippen LogP contribution in [0.2, 0.25) is 0 Å². The van der Waals surface area contributed by atoms with E-state index in [1.807, 2.05) is 23.1 Å². The van der Waals surface area contributed by atoms with Crippen LogP contribution in [0.1, 0.15) is 36.7 Å². The number of nitrogens with one attached hydrogen (secondary N) is 1. The highest BCUT2D eigenvalue weighted by Crippen LogP contribution is 2.34. The highest BCUT2D eigenvalue weighted by Gasteiger charge is 2.26. The Morgan fingerprint density at radius 2 is 1.90 bits per heavy atom. The number of nitrogens with zero attached hydrogens (tertiary/aromatic N) is 1. The van der Waals surface area contributed by atoms with Gasteiger partial charge >= 0.3 is 0 Å². The van der Waals surface area contributed by atoms with E-state index in [-0.39, 0.29) is 11.3 Å². The van der Waals surface area contributed by atoms with Crippen molar-refractivity contribution in [3.05, 3.63) is 29.3 Å². The molecule has 4 nitrogen and oxygen atoms in total. The molecule has 1 amide bonds. The molecule has 0 aromatic heterocycles. The lowest BCUT2D eigenvalue weighted by Gasteiger charge is -2.29. The van der Waals surface area contributed by atoms with E-state index in [0.717, 1.165) is 31.7 Å². The van der Waals surface area contributed by atoms with Crippen molar-refractivity contribution in [1.29, 1.82) is 0 Å². The third-order valence-electron chi connectivity index (χ3n) is 3.66. The van der Waals surface area contributed by atoms with E-state index in [9.17, 15) is 4.79 Å². The lowest BCUT2D eigenvalue weighted by molar-refractivity contribution is 0.0732. The Balaban J connectivity index is 2.38. The number of methoxy groups -OCH3 is 1. The molecule has 0 atom stereocenters. The van der Waals surface area contributed by atoms with E-state index < -0.39 is 0 Å². The van der Waals surface area contributed by atoms with E-state index >= 15 is 0 Å². The van der Waals surface area contributed by atoms with Gasteiger partial charge in [-0.15, -0.1) is 0 Å². The van der Waals surface area contributed by atoms with Crippen molar-refractivity contribution in [2.24, 2.45) is 0 Å². The van der Waals surface area contributed by atoms with Gasteiger partial charge < -0.3 is 15.0 Å². The molecule has 1 fully saturated rings. The summed E-state index contributed by atoms with van der Waals surface area (Å²) < 4.78 is 5.55. The number of hydrogen-bond acceptors (Lipinski definition) is 3. The van der Waals surface area contributed by atoms with Crippen LogP contribution in [-0.2, 0) is 5.41 Å². The Labute approximate surface area is 121 Å². The molecule has 1 N–H and O–H groups in total. The molecule has 1 aliphatic heterocycles. The average molecular weight is 276 g/mol. The van der Waals surface area contributed by atoms with Gasteiger partial charge in [0.2, 0.25) is 0 Å². The number of amides is 1. The molecule has 1 heterocycles. The maximum atomic E-state index is 12.7. The fraction of sp³-hybridized carbons (Fsp3) is 0.562. The van der Waals surface area contributed by atoms with Crippen LogP contribution in [-0.4, -0.2) is 44.1 Å². The predicted molar refractivity (Wildman–Crippen MR) is 80.5 cm³/mol. The summed E-state index contributed by atoms with van der Waals surface area (Å²) in [6.07, 6.45) is 0. The Kier molecular flexibility index (Phi) is 4.33. The van der Waals surface area contributed by atoms with Crippen molar-refractivity contribution >= 4 is 5.91 Å². The third-order valence-corrected chi connectivity index (χ3v) is 3.66. The molecule has 1 saturated heterocycles. The number of hydrogen-bond donors (Lipinski definition) is 1. The van der Waals surface area contributed by atoms with Crippen molar-refractivity contribution in [2.45, 2.75) is 26.2 Å². The van der Waals surface area contributed by atoms with Gasteiger partial charge in [0.05, 0.1) is 12.7 Å². The third kappa shape index (κ3) is 2.96. The number of piperazine rings is 1. The normalized spacial score (nSPS) is 16.1. The molecule has 20 heavy (non-hydrogen) atoms. The summed E-state index contributed by atoms with van der Waals surface area (Å²) in [5.74, 6) is 0.776. The van der Waals surface area contributed by atoms with E-state index in [0.29, 0.717) is 11.3 Å². The zero-order chi connectivity index (χ0) is 14.8. The summed E-state index contributed by atoms with van der Waals surface area (Å²) in [5.41, 5.74) is 1.69. The monoisotopic (exact) mass is 276 g/mol. The highest BCUT2D eigenvalue weighted by atomic mass is 16.5. The van der Waals surface area contributed by atoms with Crippen LogP contribution in [0.25, 0.3) is 0 Å². The number of ether oxygens (including phenoxy) is 1. The van der Waals surface area contributed by atoms with Gasteiger partial charge in [0.25, 0.3) is 5.91 Å². The van der Waals surface area contributed by atoms with Crippen molar-refractivity contribution in [1.82, 2.24) is 10.2 Å². The predicted octanol–water partition coefficient (Wildman–Crippen LogP) is 2.04. The molecular formula is C16H24N2O2. The van der Waals surface area contributed by atoms with E-state index in [1.165, 1.54) is 0 Å². The number of benzene rings is 1. The van der Waals surface area contributed by atoms with Gasteiger partial charge in [-0.1, -0.05) is 32.9 Å². The number of carbonyl (C=O) groups excluding carboxylic acids is 1. The first kappa shape index (κ1) is 14.9. The smallest absolute Gasteiger partial charge is 0.257 e. The molecule has 1 aliphatic rings. The number of carbonyl (C=O) groups is 1. The zero-order valence-corrected chi connectivity index (χ0v) is 12.8. The summed E-state index contributed by atoms with van der Waals surface area (Å²) in [6.45, 7) is 9.60. The standard InChI is InChI=1S/C16H24N2O2/c1-16(2,3)13-7-5-6-12(14(13)20-4)15(19)18-10-8-17-9-11-18/h5-7,17H,8-11H2,1-4H3. The van der Waals surface area contributed by atoms with Crippen molar-refractivity contribution in [3.63, 3.8) is 0 Å². The average Bonchev–Trinajstić information content (AvgIpc) is 2.45. The minimum absolute atomic E-state index is 0.0505. The molecule has 4 heteroatoms. The van der Waals surface area contributed by atoms with E-state index in [2.05, 4.69) is 26.1 Å². The second kappa shape index (κ2) is 5.83. The van der Waals surface area contributed by atoms with Gasteiger partial charge in [-0.05, 0) is 11.5 Å². The van der Waals surface area contributed by atoms with Gasteiger partial charge in [0.15, 0.2) is 0 Å². The van der Waals surface area contributed by atoms with E-state index in [4.69, 9.17) is 4.74 Å². The maximum absolute atomic E-state index is 12.7. The molecular weight excluding hydrogens is 252 g/mol. The maximum Gasteiger partial charge on any atom is 0.257 e. The van der Waals surface area contributed by atoms with Crippen LogP contribution in [0.3, 0.4) is 0 Å². The molecule has 0 saturated carbocycles. The summed E-state index contributed by atoms with van der Waals surface area (Å²) in [6, 6.07) is 5.84. The van der Waals surface area contributed by atoms with Gasteiger partial charge in [-0.25, -0.2) is 0 Å². The second-order valence-corrected chi connectivity index (χ2v) is 6.18. The second-order valence-electron chi connectivity index (χ2n) is 6.18. The van der Waals surface area contributed by atoms with Gasteiger partial charge in [-0.2, -0.15) is 0 Å². The molecule has 0 radical (unpaired) electrons. The van der Waals surface area contributed by atoms with E-state index in [1.54, 1.807) is 7.11 Å². The van der Waals surface area contributed by atoms with Gasteiger partial charge in [0.1, 0.15) is 5.75 Å². The fourth-order valence-corrected chi connectivity index (χ4v) is 2.55. The summed E-state index contributed by atoms with van der Waals surface area (Å²) in [7, 11) is 1.64. The first-order valence-electron chi connectivity index (χ1n) is 7.12. The Bertz CT molecular complexity index is 486. The van der Waals surface area contributed by atoms with Crippen LogP contribution in [0.4, 0.5) is 0 Å². The topological polar surface area (TPSA) is 41.6 Å². The van der Waals surface area contributed by atoms with Crippen molar-refractivity contribution < 1.29 is 9.53 Å². The van der Waals surface area contributed by atoms with Crippen LogP contribution in [0.15, 0.2) is 18.2 Å². The summed E-state index contributed by atoms with van der Waals surface area (Å²) in [4.78, 5) is 14.6. The highest BCUT2D eigenvalue weighted by molar-refractivity contribution is 5.97. The first-order valence-corrected chi connectivity index (χ1v) is 7.12. The van der Waals surface area contributed by atoms with Crippen molar-refractivity contribution in [3.8, 4) is 5.75 Å². The quantitative estimate of drug-likeness (QED) is 0.899.